The van der Waals surface area contributed by atoms with E-state index in [0.717, 1.165) is 0 Å². The molecular formula is C8H11F2NO2. The van der Waals surface area contributed by atoms with Gasteiger partial charge in [0.1, 0.15) is 11.5 Å². The van der Waals surface area contributed by atoms with Gasteiger partial charge >= 0.3 is 0 Å². The molecule has 2 N–H and O–H groups in total. The van der Waals surface area contributed by atoms with Crippen molar-refractivity contribution in [3.63, 3.8) is 0 Å². The summed E-state index contributed by atoms with van der Waals surface area (Å²) in [5.41, 5.74) is 4.46. The zero-order valence-corrected chi connectivity index (χ0v) is 7.00. The smallest absolute Gasteiger partial charge is 0.228 e. The summed E-state index contributed by atoms with van der Waals surface area (Å²) >= 11 is 0. The third-order valence-corrected chi connectivity index (χ3v) is 1.70. The van der Waals surface area contributed by atoms with Gasteiger partial charge in [0.2, 0.25) is 6.86 Å². The number of ether oxygens (including phenoxy) is 2. The molecule has 0 spiro atoms. The molecule has 1 atom stereocenters. The van der Waals surface area contributed by atoms with Crippen molar-refractivity contribution >= 4 is 0 Å². The van der Waals surface area contributed by atoms with Crippen molar-refractivity contribution in [2.45, 2.75) is 12.1 Å². The van der Waals surface area contributed by atoms with Crippen LogP contribution in [0.2, 0.25) is 0 Å². The Labute approximate surface area is 74.8 Å². The molecule has 74 valence electrons. The molecule has 1 unspecified atom stereocenters. The van der Waals surface area contributed by atoms with E-state index in [1.54, 1.807) is 6.08 Å². The van der Waals surface area contributed by atoms with E-state index >= 15 is 0 Å². The first kappa shape index (κ1) is 10.1. The van der Waals surface area contributed by atoms with E-state index in [0.29, 0.717) is 5.76 Å². The van der Waals surface area contributed by atoms with E-state index in [-0.39, 0.29) is 6.42 Å². The highest BCUT2D eigenvalue weighted by Gasteiger charge is 2.24. The van der Waals surface area contributed by atoms with Crippen LogP contribution >= 0.6 is 0 Å². The molecule has 0 aromatic rings. The Kier molecular flexibility index (Phi) is 3.39. The van der Waals surface area contributed by atoms with Crippen LogP contribution in [0.15, 0.2) is 24.0 Å². The molecule has 0 saturated carbocycles. The second-order valence-corrected chi connectivity index (χ2v) is 2.61. The average Bonchev–Trinajstić information content (AvgIpc) is 2.10. The highest BCUT2D eigenvalue weighted by atomic mass is 19.1. The van der Waals surface area contributed by atoms with Crippen molar-refractivity contribution < 1.29 is 18.3 Å². The normalized spacial score (nSPS) is 27.2. The second kappa shape index (κ2) is 4.34. The minimum Gasteiger partial charge on any atom is -0.463 e. The largest absolute Gasteiger partial charge is 0.463 e. The van der Waals surface area contributed by atoms with E-state index in [4.69, 9.17) is 5.73 Å². The molecule has 1 aliphatic carbocycles. The molecule has 0 fully saturated rings. The van der Waals surface area contributed by atoms with Crippen molar-refractivity contribution in [2.75, 3.05) is 13.7 Å². The van der Waals surface area contributed by atoms with Gasteiger partial charge in [-0.3, -0.25) is 5.73 Å². The molecule has 13 heavy (non-hydrogen) atoms. The van der Waals surface area contributed by atoms with Gasteiger partial charge < -0.3 is 9.47 Å². The number of hydrogen-bond acceptors (Lipinski definition) is 3. The third kappa shape index (κ3) is 2.78. The zero-order chi connectivity index (χ0) is 9.73. The monoisotopic (exact) mass is 191 g/mol. The zero-order valence-electron chi connectivity index (χ0n) is 7.00. The first-order chi connectivity index (χ1) is 6.20. The maximum atomic E-state index is 11.8. The summed E-state index contributed by atoms with van der Waals surface area (Å²) in [4.78, 5) is 0. The summed E-state index contributed by atoms with van der Waals surface area (Å²) in [6.45, 7) is -1.84. The molecule has 1 rings (SSSR count). The van der Waals surface area contributed by atoms with Gasteiger partial charge in [0.05, 0.1) is 0 Å². The molecule has 1 aliphatic rings. The third-order valence-electron chi connectivity index (χ3n) is 1.70. The van der Waals surface area contributed by atoms with E-state index in [2.05, 4.69) is 9.47 Å². The topological polar surface area (TPSA) is 44.5 Å². The number of alkyl halides is 2. The SMILES string of the molecule is NC1(OCF)C=CC(OCF)=CC1. The Morgan fingerprint density at radius 1 is 1.46 bits per heavy atom. The lowest BCUT2D eigenvalue weighted by Gasteiger charge is -2.26. The van der Waals surface area contributed by atoms with Gasteiger partial charge in [0, 0.05) is 6.42 Å². The molecule has 0 aromatic heterocycles. The summed E-state index contributed by atoms with van der Waals surface area (Å²) in [5.74, 6) is 0.381. The van der Waals surface area contributed by atoms with Gasteiger partial charge in [0.15, 0.2) is 6.86 Å². The lowest BCUT2D eigenvalue weighted by molar-refractivity contribution is -0.0511. The average molecular weight is 191 g/mol. The minimum atomic E-state index is -1.13. The van der Waals surface area contributed by atoms with Crippen molar-refractivity contribution in [3.05, 3.63) is 24.0 Å². The van der Waals surface area contributed by atoms with Crippen LogP contribution < -0.4 is 5.73 Å². The molecular weight excluding hydrogens is 180 g/mol. The van der Waals surface area contributed by atoms with Crippen LogP contribution in [0.5, 0.6) is 0 Å². The molecule has 0 amide bonds. The van der Waals surface area contributed by atoms with Gasteiger partial charge in [-0.1, -0.05) is 0 Å². The first-order valence-corrected chi connectivity index (χ1v) is 3.77. The molecule has 0 radical (unpaired) electrons. The Hall–Kier alpha value is -0.940. The Balaban J connectivity index is 2.51. The van der Waals surface area contributed by atoms with E-state index in [1.165, 1.54) is 12.2 Å². The quantitative estimate of drug-likeness (QED) is 0.682. The van der Waals surface area contributed by atoms with Crippen molar-refractivity contribution in [3.8, 4) is 0 Å². The first-order valence-electron chi connectivity index (χ1n) is 3.77. The summed E-state index contributed by atoms with van der Waals surface area (Å²) in [7, 11) is 0. The molecule has 0 aliphatic heterocycles. The number of allylic oxidation sites excluding steroid dienone is 1. The second-order valence-electron chi connectivity index (χ2n) is 2.61. The van der Waals surface area contributed by atoms with Crippen LogP contribution in [0.3, 0.4) is 0 Å². The van der Waals surface area contributed by atoms with E-state index in [9.17, 15) is 8.78 Å². The molecule has 5 heteroatoms. The van der Waals surface area contributed by atoms with Crippen molar-refractivity contribution in [1.29, 1.82) is 0 Å². The van der Waals surface area contributed by atoms with Gasteiger partial charge in [-0.25, -0.2) is 8.78 Å². The lowest BCUT2D eigenvalue weighted by atomic mass is 10.1. The maximum Gasteiger partial charge on any atom is 0.228 e. The molecule has 0 saturated heterocycles. The van der Waals surface area contributed by atoms with E-state index < -0.39 is 19.4 Å². The Bertz CT molecular complexity index is 230. The van der Waals surface area contributed by atoms with Crippen LogP contribution in [0.1, 0.15) is 6.42 Å². The van der Waals surface area contributed by atoms with Crippen molar-refractivity contribution in [1.82, 2.24) is 0 Å². The molecule has 0 heterocycles. The summed E-state index contributed by atoms with van der Waals surface area (Å²) < 4.78 is 32.7. The number of halogens is 2. The molecule has 0 aromatic carbocycles. The molecule has 3 nitrogen and oxygen atoms in total. The van der Waals surface area contributed by atoms with Gasteiger partial charge in [-0.2, -0.15) is 0 Å². The van der Waals surface area contributed by atoms with Gasteiger partial charge in [-0.05, 0) is 18.2 Å². The fourth-order valence-electron chi connectivity index (χ4n) is 0.998. The van der Waals surface area contributed by atoms with Gasteiger partial charge in [0.25, 0.3) is 0 Å². The van der Waals surface area contributed by atoms with Crippen LogP contribution in [-0.2, 0) is 9.47 Å². The van der Waals surface area contributed by atoms with Crippen LogP contribution in [0.25, 0.3) is 0 Å². The maximum absolute atomic E-state index is 11.8. The van der Waals surface area contributed by atoms with Crippen molar-refractivity contribution in [2.24, 2.45) is 5.73 Å². The molecule has 0 bridgehead atoms. The summed E-state index contributed by atoms with van der Waals surface area (Å²) in [6.07, 6.45) is 4.72. The fourth-order valence-corrected chi connectivity index (χ4v) is 0.998. The van der Waals surface area contributed by atoms with Crippen LogP contribution in [-0.4, -0.2) is 19.4 Å². The highest BCUT2D eigenvalue weighted by Crippen LogP contribution is 2.20. The number of nitrogens with two attached hydrogens (primary N) is 1. The fraction of sp³-hybridized carbons (Fsp3) is 0.500. The number of rotatable bonds is 4. The summed E-state index contributed by atoms with van der Waals surface area (Å²) in [5, 5.41) is 0. The van der Waals surface area contributed by atoms with E-state index in [1.807, 2.05) is 0 Å². The Morgan fingerprint density at radius 2 is 2.23 bits per heavy atom. The van der Waals surface area contributed by atoms with Gasteiger partial charge in [-0.15, -0.1) is 0 Å². The predicted molar refractivity (Wildman–Crippen MR) is 42.9 cm³/mol. The highest BCUT2D eigenvalue weighted by molar-refractivity contribution is 5.22. The predicted octanol–water partition coefficient (Wildman–Crippen LogP) is 1.37. The van der Waals surface area contributed by atoms with Crippen LogP contribution in [0, 0.1) is 0 Å². The lowest BCUT2D eigenvalue weighted by Crippen LogP contribution is -2.41. The van der Waals surface area contributed by atoms with Crippen LogP contribution in [0.4, 0.5) is 8.78 Å². The minimum absolute atomic E-state index is 0.267. The summed E-state index contributed by atoms with van der Waals surface area (Å²) in [6, 6.07) is 0. The Morgan fingerprint density at radius 3 is 2.69 bits per heavy atom. The standard InChI is InChI=1S/C8H11F2NO2/c9-5-12-7-1-3-8(11,4-2-7)13-6-10/h1-3H,4-6,11H2. The number of hydrogen-bond donors (Lipinski definition) is 1.